The monoisotopic (exact) mass is 282 g/mol. The number of hydrogen-bond acceptors (Lipinski definition) is 3. The SMILES string of the molecule is CCOC(=O)N1CCC(C(=O)NC2CCCCC2)CC1. The Morgan fingerprint density at radius 2 is 1.75 bits per heavy atom. The van der Waals surface area contributed by atoms with Crippen LogP contribution >= 0.6 is 0 Å². The molecule has 2 aliphatic rings. The lowest BCUT2D eigenvalue weighted by Crippen LogP contribution is -2.45. The van der Waals surface area contributed by atoms with Gasteiger partial charge in [-0.2, -0.15) is 0 Å². The first kappa shape index (κ1) is 15.1. The van der Waals surface area contributed by atoms with Crippen molar-refractivity contribution in [3.8, 4) is 0 Å². The highest BCUT2D eigenvalue weighted by Crippen LogP contribution is 2.21. The van der Waals surface area contributed by atoms with Crippen molar-refractivity contribution in [3.63, 3.8) is 0 Å². The molecular formula is C15H26N2O3. The molecule has 1 saturated carbocycles. The van der Waals surface area contributed by atoms with Gasteiger partial charge in [-0.1, -0.05) is 19.3 Å². The van der Waals surface area contributed by atoms with E-state index in [1.807, 2.05) is 6.92 Å². The summed E-state index contributed by atoms with van der Waals surface area (Å²) < 4.78 is 4.99. The number of rotatable bonds is 3. The Labute approximate surface area is 121 Å². The molecule has 2 fully saturated rings. The van der Waals surface area contributed by atoms with Crippen molar-refractivity contribution in [1.82, 2.24) is 10.2 Å². The second-order valence-corrected chi connectivity index (χ2v) is 5.80. The standard InChI is InChI=1S/C15H26N2O3/c1-2-20-15(19)17-10-8-12(9-11-17)14(18)16-13-6-4-3-5-7-13/h12-13H,2-11H2,1H3,(H,16,18). The summed E-state index contributed by atoms with van der Waals surface area (Å²) in [4.78, 5) is 25.5. The maximum absolute atomic E-state index is 12.2. The van der Waals surface area contributed by atoms with Crippen LogP contribution in [0.3, 0.4) is 0 Å². The van der Waals surface area contributed by atoms with Crippen LogP contribution in [0.2, 0.25) is 0 Å². The summed E-state index contributed by atoms with van der Waals surface area (Å²) >= 11 is 0. The molecule has 114 valence electrons. The molecule has 1 saturated heterocycles. The van der Waals surface area contributed by atoms with Gasteiger partial charge in [-0.3, -0.25) is 4.79 Å². The molecule has 0 radical (unpaired) electrons. The normalized spacial score (nSPS) is 21.6. The van der Waals surface area contributed by atoms with Crippen LogP contribution < -0.4 is 5.32 Å². The number of likely N-dealkylation sites (tertiary alicyclic amines) is 1. The molecule has 0 unspecified atom stereocenters. The number of amides is 2. The van der Waals surface area contributed by atoms with Crippen LogP contribution in [-0.4, -0.2) is 42.6 Å². The first-order chi connectivity index (χ1) is 9.70. The molecule has 1 aliphatic carbocycles. The van der Waals surface area contributed by atoms with Gasteiger partial charge in [-0.25, -0.2) is 4.79 Å². The van der Waals surface area contributed by atoms with Crippen molar-refractivity contribution in [2.75, 3.05) is 19.7 Å². The highest BCUT2D eigenvalue weighted by atomic mass is 16.6. The minimum absolute atomic E-state index is 0.0580. The van der Waals surface area contributed by atoms with Gasteiger partial charge in [0.1, 0.15) is 0 Å². The number of nitrogens with zero attached hydrogens (tertiary/aromatic N) is 1. The van der Waals surface area contributed by atoms with Crippen molar-refractivity contribution in [2.24, 2.45) is 5.92 Å². The predicted octanol–water partition coefficient (Wildman–Crippen LogP) is 2.30. The molecule has 0 aromatic heterocycles. The van der Waals surface area contributed by atoms with Gasteiger partial charge in [0.25, 0.3) is 0 Å². The summed E-state index contributed by atoms with van der Waals surface area (Å²) in [5.41, 5.74) is 0. The molecule has 0 aromatic rings. The fourth-order valence-corrected chi connectivity index (χ4v) is 3.10. The Morgan fingerprint density at radius 3 is 2.35 bits per heavy atom. The number of ether oxygens (including phenoxy) is 1. The second-order valence-electron chi connectivity index (χ2n) is 5.80. The minimum atomic E-state index is -0.251. The zero-order chi connectivity index (χ0) is 14.4. The van der Waals surface area contributed by atoms with Gasteiger partial charge in [0, 0.05) is 25.0 Å². The molecule has 2 amide bonds. The molecule has 1 N–H and O–H groups in total. The van der Waals surface area contributed by atoms with Gasteiger partial charge < -0.3 is 15.0 Å². The summed E-state index contributed by atoms with van der Waals surface area (Å²) in [5.74, 6) is 0.239. The molecule has 1 aliphatic heterocycles. The van der Waals surface area contributed by atoms with Crippen LogP contribution in [0.4, 0.5) is 4.79 Å². The third-order valence-corrected chi connectivity index (χ3v) is 4.34. The van der Waals surface area contributed by atoms with Gasteiger partial charge in [0.15, 0.2) is 0 Å². The maximum Gasteiger partial charge on any atom is 0.409 e. The van der Waals surface area contributed by atoms with E-state index in [-0.39, 0.29) is 17.9 Å². The fraction of sp³-hybridized carbons (Fsp3) is 0.867. The number of carbonyl (C=O) groups is 2. The van der Waals surface area contributed by atoms with E-state index in [0.29, 0.717) is 25.7 Å². The first-order valence-electron chi connectivity index (χ1n) is 7.92. The quantitative estimate of drug-likeness (QED) is 0.864. The molecule has 2 rings (SSSR count). The van der Waals surface area contributed by atoms with Crippen LogP contribution in [0.25, 0.3) is 0 Å². The van der Waals surface area contributed by atoms with Crippen molar-refractivity contribution in [3.05, 3.63) is 0 Å². The summed E-state index contributed by atoms with van der Waals surface area (Å²) in [6.07, 6.45) is 7.23. The summed E-state index contributed by atoms with van der Waals surface area (Å²) in [7, 11) is 0. The molecule has 5 heteroatoms. The average molecular weight is 282 g/mol. The number of hydrogen-bond donors (Lipinski definition) is 1. The Morgan fingerprint density at radius 1 is 1.10 bits per heavy atom. The molecule has 20 heavy (non-hydrogen) atoms. The topological polar surface area (TPSA) is 58.6 Å². The number of nitrogens with one attached hydrogen (secondary N) is 1. The smallest absolute Gasteiger partial charge is 0.409 e. The largest absolute Gasteiger partial charge is 0.450 e. The second kappa shape index (κ2) is 7.50. The van der Waals surface area contributed by atoms with E-state index in [2.05, 4.69) is 5.32 Å². The lowest BCUT2D eigenvalue weighted by molar-refractivity contribution is -0.127. The zero-order valence-corrected chi connectivity index (χ0v) is 12.4. The maximum atomic E-state index is 12.2. The van der Waals surface area contributed by atoms with Gasteiger partial charge in [-0.15, -0.1) is 0 Å². The number of piperidine rings is 1. The summed E-state index contributed by atoms with van der Waals surface area (Å²) in [6, 6.07) is 0.374. The van der Waals surface area contributed by atoms with Gasteiger partial charge >= 0.3 is 6.09 Å². The van der Waals surface area contributed by atoms with E-state index < -0.39 is 0 Å². The van der Waals surface area contributed by atoms with E-state index in [1.165, 1.54) is 19.3 Å². The van der Waals surface area contributed by atoms with Crippen LogP contribution in [-0.2, 0) is 9.53 Å². The van der Waals surface area contributed by atoms with Gasteiger partial charge in [0.2, 0.25) is 5.91 Å². The zero-order valence-electron chi connectivity index (χ0n) is 12.4. The van der Waals surface area contributed by atoms with Crippen LogP contribution in [0.5, 0.6) is 0 Å². The molecule has 1 heterocycles. The van der Waals surface area contributed by atoms with Crippen molar-refractivity contribution >= 4 is 12.0 Å². The Balaban J connectivity index is 1.72. The molecule has 0 spiro atoms. The van der Waals surface area contributed by atoms with Crippen molar-refractivity contribution in [1.29, 1.82) is 0 Å². The van der Waals surface area contributed by atoms with E-state index in [1.54, 1.807) is 4.90 Å². The lowest BCUT2D eigenvalue weighted by atomic mass is 9.92. The van der Waals surface area contributed by atoms with Crippen LogP contribution in [0.15, 0.2) is 0 Å². The van der Waals surface area contributed by atoms with Crippen LogP contribution in [0, 0.1) is 5.92 Å². The minimum Gasteiger partial charge on any atom is -0.450 e. The van der Waals surface area contributed by atoms with E-state index in [0.717, 1.165) is 25.7 Å². The predicted molar refractivity (Wildman–Crippen MR) is 76.3 cm³/mol. The molecule has 0 aromatic carbocycles. The van der Waals surface area contributed by atoms with E-state index in [4.69, 9.17) is 4.74 Å². The van der Waals surface area contributed by atoms with E-state index in [9.17, 15) is 9.59 Å². The highest BCUT2D eigenvalue weighted by Gasteiger charge is 2.29. The summed E-state index contributed by atoms with van der Waals surface area (Å²) in [5, 5.41) is 3.18. The summed E-state index contributed by atoms with van der Waals surface area (Å²) in [6.45, 7) is 3.46. The van der Waals surface area contributed by atoms with Crippen molar-refractivity contribution < 1.29 is 14.3 Å². The van der Waals surface area contributed by atoms with Gasteiger partial charge in [0.05, 0.1) is 6.61 Å². The van der Waals surface area contributed by atoms with Crippen molar-refractivity contribution in [2.45, 2.75) is 57.9 Å². The average Bonchev–Trinajstić information content (AvgIpc) is 2.48. The molecule has 5 nitrogen and oxygen atoms in total. The lowest BCUT2D eigenvalue weighted by Gasteiger charge is -2.32. The highest BCUT2D eigenvalue weighted by molar-refractivity contribution is 5.79. The van der Waals surface area contributed by atoms with E-state index >= 15 is 0 Å². The Kier molecular flexibility index (Phi) is 5.68. The third-order valence-electron chi connectivity index (χ3n) is 4.34. The van der Waals surface area contributed by atoms with Crippen LogP contribution in [0.1, 0.15) is 51.9 Å². The molecule has 0 bridgehead atoms. The van der Waals surface area contributed by atoms with Gasteiger partial charge in [-0.05, 0) is 32.6 Å². The Hall–Kier alpha value is -1.26. The molecule has 0 atom stereocenters. The third kappa shape index (κ3) is 4.12. The number of carbonyl (C=O) groups excluding carboxylic acids is 2. The first-order valence-corrected chi connectivity index (χ1v) is 7.92. The fourth-order valence-electron chi connectivity index (χ4n) is 3.10. The molecular weight excluding hydrogens is 256 g/mol. The Bertz CT molecular complexity index is 332.